The number of aromatic nitrogens is 1. The van der Waals surface area contributed by atoms with Gasteiger partial charge in [0, 0.05) is 27.4 Å². The van der Waals surface area contributed by atoms with Gasteiger partial charge in [0.05, 0.1) is 18.7 Å². The van der Waals surface area contributed by atoms with Gasteiger partial charge in [-0.1, -0.05) is 6.92 Å². The number of amides is 2. The largest absolute Gasteiger partial charge is 0.496 e. The lowest BCUT2D eigenvalue weighted by Crippen LogP contribution is -2.34. The average molecular weight is 440 g/mol. The monoisotopic (exact) mass is 439 g/mol. The molecule has 2 aromatic rings. The first-order valence-corrected chi connectivity index (χ1v) is 9.20. The van der Waals surface area contributed by atoms with E-state index in [0.717, 1.165) is 0 Å². The second-order valence-electron chi connectivity index (χ2n) is 6.27. The van der Waals surface area contributed by atoms with Gasteiger partial charge in [-0.15, -0.1) is 0 Å². The van der Waals surface area contributed by atoms with E-state index in [1.54, 1.807) is 12.1 Å². The molecule has 1 aromatic heterocycles. The molecule has 2 heterocycles. The second kappa shape index (κ2) is 7.67. The van der Waals surface area contributed by atoms with Gasteiger partial charge in [-0.2, -0.15) is 0 Å². The lowest BCUT2D eigenvalue weighted by Gasteiger charge is -2.19. The molecule has 0 radical (unpaired) electrons. The van der Waals surface area contributed by atoms with Crippen LogP contribution in [-0.2, 0) is 4.79 Å². The zero-order chi connectivity index (χ0) is 19.7. The summed E-state index contributed by atoms with van der Waals surface area (Å²) >= 11 is 3.40. The molecule has 0 aliphatic carbocycles. The van der Waals surface area contributed by atoms with Crippen molar-refractivity contribution in [1.82, 2.24) is 10.3 Å². The smallest absolute Gasteiger partial charge is 0.255 e. The van der Waals surface area contributed by atoms with Crippen molar-refractivity contribution in [3.63, 3.8) is 0 Å². The number of rotatable bonds is 6. The predicted molar refractivity (Wildman–Crippen MR) is 101 cm³/mol. The van der Waals surface area contributed by atoms with Crippen LogP contribution in [0.4, 0.5) is 4.39 Å². The van der Waals surface area contributed by atoms with Crippen molar-refractivity contribution in [2.75, 3.05) is 13.7 Å². The number of hydrogen-bond donors (Lipinski definition) is 2. The molecule has 1 unspecified atom stereocenters. The summed E-state index contributed by atoms with van der Waals surface area (Å²) in [5, 5.41) is 3.88. The molecular formula is C18H19BrFN3O4. The second-order valence-corrected chi connectivity index (χ2v) is 7.13. The maximum Gasteiger partial charge on any atom is 0.255 e. The topological polar surface area (TPSA) is 104 Å². The molecule has 7 nitrogen and oxygen atoms in total. The van der Waals surface area contributed by atoms with Gasteiger partial charge in [-0.3, -0.25) is 9.59 Å². The number of benzene rings is 1. The number of alkyl halides is 1. The third-order valence-electron chi connectivity index (χ3n) is 4.73. The predicted octanol–water partition coefficient (Wildman–Crippen LogP) is 2.35. The van der Waals surface area contributed by atoms with E-state index < -0.39 is 29.9 Å². The lowest BCUT2D eigenvalue weighted by atomic mass is 9.97. The van der Waals surface area contributed by atoms with Crippen LogP contribution in [0.5, 0.6) is 11.6 Å². The summed E-state index contributed by atoms with van der Waals surface area (Å²) in [6.45, 7) is 1.91. The number of carbonyl (C=O) groups is 2. The van der Waals surface area contributed by atoms with Crippen LogP contribution in [0.3, 0.4) is 0 Å². The molecule has 1 aliphatic rings. The van der Waals surface area contributed by atoms with E-state index in [-0.39, 0.29) is 18.1 Å². The maximum atomic E-state index is 13.9. The molecule has 1 saturated heterocycles. The number of nitrogens with two attached hydrogens (primary N) is 1. The summed E-state index contributed by atoms with van der Waals surface area (Å²) in [6.07, 6.45) is 0.520. The van der Waals surface area contributed by atoms with Crippen LogP contribution >= 0.6 is 15.9 Å². The quantitative estimate of drug-likeness (QED) is 0.718. The molecule has 1 aliphatic heterocycles. The molecule has 1 aromatic carbocycles. The van der Waals surface area contributed by atoms with E-state index in [1.807, 2.05) is 6.92 Å². The molecule has 9 heteroatoms. The molecule has 1 fully saturated rings. The highest BCUT2D eigenvalue weighted by atomic mass is 79.9. The molecule has 2 amide bonds. The van der Waals surface area contributed by atoms with Crippen LogP contribution in [0.2, 0.25) is 0 Å². The number of nitrogens with one attached hydrogen (secondary N) is 1. The van der Waals surface area contributed by atoms with Gasteiger partial charge in [0.25, 0.3) is 11.8 Å². The summed E-state index contributed by atoms with van der Waals surface area (Å²) in [5.74, 6) is -1.10. The summed E-state index contributed by atoms with van der Waals surface area (Å²) in [7, 11) is 1.43. The van der Waals surface area contributed by atoms with E-state index in [2.05, 4.69) is 26.2 Å². The van der Waals surface area contributed by atoms with Crippen molar-refractivity contribution in [3.05, 3.63) is 28.4 Å². The number of primary amides is 1. The van der Waals surface area contributed by atoms with Crippen molar-refractivity contribution in [2.24, 2.45) is 11.7 Å². The SMILES string of the molecule is CC[C@H]1C(COc2ncc(Br)c3cc(C(N)=O)c(OC)cc23)NC(=O)[C@H]1F. The van der Waals surface area contributed by atoms with Crippen LogP contribution in [0.15, 0.2) is 22.8 Å². The fourth-order valence-corrected chi connectivity index (χ4v) is 3.71. The van der Waals surface area contributed by atoms with Crippen LogP contribution in [0, 0.1) is 5.92 Å². The average Bonchev–Trinajstić information content (AvgIpc) is 2.93. The Bertz CT molecular complexity index is 908. The van der Waals surface area contributed by atoms with Gasteiger partial charge in [-0.05, 0) is 34.5 Å². The van der Waals surface area contributed by atoms with Crippen molar-refractivity contribution in [2.45, 2.75) is 25.6 Å². The standard InChI is InChI=1S/C18H19BrFN3O4/c1-3-8-13(23-17(25)15(8)20)7-27-18-10-5-14(26-2)11(16(21)24)4-9(10)12(19)6-22-18/h4-6,8,13,15H,3,7H2,1-2H3,(H2,21,24)(H,23,25)/t8-,13?,15-/m0/s1. The Hall–Kier alpha value is -2.42. The van der Waals surface area contributed by atoms with Crippen LogP contribution in [0.25, 0.3) is 10.8 Å². The summed E-state index contributed by atoms with van der Waals surface area (Å²) in [4.78, 5) is 27.5. The van der Waals surface area contributed by atoms with Gasteiger partial charge in [0.1, 0.15) is 12.4 Å². The first-order valence-electron chi connectivity index (χ1n) is 8.40. The van der Waals surface area contributed by atoms with Crippen molar-refractivity contribution in [3.8, 4) is 11.6 Å². The Labute approximate surface area is 163 Å². The van der Waals surface area contributed by atoms with Gasteiger partial charge >= 0.3 is 0 Å². The number of halogens is 2. The fourth-order valence-electron chi connectivity index (χ4n) is 3.28. The molecule has 3 atom stereocenters. The Morgan fingerprint density at radius 3 is 2.78 bits per heavy atom. The van der Waals surface area contributed by atoms with Crippen LogP contribution < -0.4 is 20.5 Å². The number of hydrogen-bond acceptors (Lipinski definition) is 5. The van der Waals surface area contributed by atoms with Crippen molar-refractivity contribution in [1.29, 1.82) is 0 Å². The first kappa shape index (κ1) is 19.3. The molecule has 3 rings (SSSR count). The zero-order valence-corrected chi connectivity index (χ0v) is 16.4. The van der Waals surface area contributed by atoms with Crippen LogP contribution in [0.1, 0.15) is 23.7 Å². The summed E-state index contributed by atoms with van der Waals surface area (Å²) < 4.78 is 25.6. The highest BCUT2D eigenvalue weighted by Crippen LogP contribution is 2.35. The van der Waals surface area contributed by atoms with E-state index in [0.29, 0.717) is 27.4 Å². The molecular weight excluding hydrogens is 421 g/mol. The summed E-state index contributed by atoms with van der Waals surface area (Å²) in [5.41, 5.74) is 5.64. The van der Waals surface area contributed by atoms with E-state index in [1.165, 1.54) is 13.3 Å². The number of fused-ring (bicyclic) bond motifs is 1. The minimum absolute atomic E-state index is 0.0777. The minimum atomic E-state index is -1.53. The number of methoxy groups -OCH3 is 1. The lowest BCUT2D eigenvalue weighted by molar-refractivity contribution is -0.123. The van der Waals surface area contributed by atoms with Crippen LogP contribution in [-0.4, -0.2) is 42.7 Å². The number of ether oxygens (including phenoxy) is 2. The molecule has 0 bridgehead atoms. The Balaban J connectivity index is 1.94. The van der Waals surface area contributed by atoms with Gasteiger partial charge in [-0.25, -0.2) is 9.37 Å². The number of nitrogens with zero attached hydrogens (tertiary/aromatic N) is 1. The van der Waals surface area contributed by atoms with E-state index >= 15 is 0 Å². The number of pyridine rings is 1. The molecule has 0 spiro atoms. The first-order chi connectivity index (χ1) is 12.9. The molecule has 3 N–H and O–H groups in total. The Morgan fingerprint density at radius 1 is 1.41 bits per heavy atom. The van der Waals surface area contributed by atoms with Gasteiger partial charge in [0.15, 0.2) is 6.17 Å². The van der Waals surface area contributed by atoms with E-state index in [4.69, 9.17) is 15.2 Å². The summed E-state index contributed by atoms with van der Waals surface area (Å²) in [6, 6.07) is 2.77. The molecule has 0 saturated carbocycles. The third kappa shape index (κ3) is 3.55. The zero-order valence-electron chi connectivity index (χ0n) is 14.8. The Kier molecular flexibility index (Phi) is 5.50. The highest BCUT2D eigenvalue weighted by Gasteiger charge is 2.41. The Morgan fingerprint density at radius 2 is 2.15 bits per heavy atom. The fraction of sp³-hybridized carbons (Fsp3) is 0.389. The van der Waals surface area contributed by atoms with Gasteiger partial charge in [0.2, 0.25) is 5.88 Å². The van der Waals surface area contributed by atoms with Gasteiger partial charge < -0.3 is 20.5 Å². The van der Waals surface area contributed by atoms with Crippen molar-refractivity contribution >= 4 is 38.5 Å². The third-order valence-corrected chi connectivity index (χ3v) is 5.36. The minimum Gasteiger partial charge on any atom is -0.496 e. The highest BCUT2D eigenvalue weighted by molar-refractivity contribution is 9.10. The molecule has 27 heavy (non-hydrogen) atoms. The van der Waals surface area contributed by atoms with Crippen molar-refractivity contribution < 1.29 is 23.5 Å². The maximum absolute atomic E-state index is 13.9. The normalized spacial score (nSPS) is 21.9. The number of carbonyl (C=O) groups excluding carboxylic acids is 2. The molecule has 144 valence electrons. The van der Waals surface area contributed by atoms with E-state index in [9.17, 15) is 14.0 Å².